The number of anilines is 2. The molecule has 2 amide bonds. The number of nitrogens with one attached hydrogen (secondary N) is 2. The zero-order valence-corrected chi connectivity index (χ0v) is 15.9. The average Bonchev–Trinajstić information content (AvgIpc) is 3.14. The maximum atomic E-state index is 12.3. The number of ether oxygens (including phenoxy) is 3. The summed E-state index contributed by atoms with van der Waals surface area (Å²) in [7, 11) is 1.67. The van der Waals surface area contributed by atoms with Crippen LogP contribution < -0.4 is 20.1 Å². The molecule has 150 valence electrons. The Kier molecular flexibility index (Phi) is 5.35. The summed E-state index contributed by atoms with van der Waals surface area (Å²) in [6.07, 6.45) is 1.97. The summed E-state index contributed by atoms with van der Waals surface area (Å²) in [6, 6.07) is 12.8. The standard InChI is InChI=1S/C21H21N3O5/c1-27-10-9-24-8-7-15-17(24)3-2-4-18(15)28-12-20(25)22-14-5-6-19-16(11-14)23-21(26)13-29-19/h2-8,11H,9-10,12-13H2,1H3,(H,22,25)(H,23,26). The third-order valence-electron chi connectivity index (χ3n) is 4.56. The summed E-state index contributed by atoms with van der Waals surface area (Å²) in [4.78, 5) is 23.8. The van der Waals surface area contributed by atoms with Crippen molar-refractivity contribution in [1.82, 2.24) is 4.57 Å². The number of benzene rings is 2. The summed E-state index contributed by atoms with van der Waals surface area (Å²) < 4.78 is 18.3. The minimum Gasteiger partial charge on any atom is -0.483 e. The summed E-state index contributed by atoms with van der Waals surface area (Å²) in [6.45, 7) is 1.21. The molecular weight excluding hydrogens is 374 g/mol. The Balaban J connectivity index is 1.40. The molecule has 3 aromatic rings. The molecule has 0 atom stereocenters. The van der Waals surface area contributed by atoms with E-state index >= 15 is 0 Å². The number of fused-ring (bicyclic) bond motifs is 2. The number of carbonyl (C=O) groups is 2. The largest absolute Gasteiger partial charge is 0.483 e. The van der Waals surface area contributed by atoms with Gasteiger partial charge in [0, 0.05) is 30.9 Å². The van der Waals surface area contributed by atoms with E-state index in [1.807, 2.05) is 30.5 Å². The number of rotatable bonds is 7. The van der Waals surface area contributed by atoms with Gasteiger partial charge in [0.25, 0.3) is 11.8 Å². The molecular formula is C21H21N3O5. The van der Waals surface area contributed by atoms with Gasteiger partial charge in [0.2, 0.25) is 0 Å². The number of methoxy groups -OCH3 is 1. The van der Waals surface area contributed by atoms with E-state index in [1.54, 1.807) is 25.3 Å². The Morgan fingerprint density at radius 2 is 2.17 bits per heavy atom. The normalized spacial score (nSPS) is 12.8. The van der Waals surface area contributed by atoms with E-state index in [9.17, 15) is 9.59 Å². The van der Waals surface area contributed by atoms with E-state index in [-0.39, 0.29) is 25.0 Å². The highest BCUT2D eigenvalue weighted by Crippen LogP contribution is 2.30. The molecule has 2 N–H and O–H groups in total. The lowest BCUT2D eigenvalue weighted by Crippen LogP contribution is -2.25. The van der Waals surface area contributed by atoms with Crippen molar-refractivity contribution in [3.05, 3.63) is 48.7 Å². The first-order chi connectivity index (χ1) is 14.1. The van der Waals surface area contributed by atoms with Gasteiger partial charge >= 0.3 is 0 Å². The van der Waals surface area contributed by atoms with Gasteiger partial charge in [-0.1, -0.05) is 6.07 Å². The van der Waals surface area contributed by atoms with Crippen LogP contribution in [0.15, 0.2) is 48.7 Å². The number of carbonyl (C=O) groups excluding carboxylic acids is 2. The number of hydrogen-bond acceptors (Lipinski definition) is 5. The number of nitrogens with zero attached hydrogens (tertiary/aromatic N) is 1. The maximum Gasteiger partial charge on any atom is 0.262 e. The van der Waals surface area contributed by atoms with E-state index in [1.165, 1.54) is 0 Å². The second kappa shape index (κ2) is 8.24. The molecule has 0 bridgehead atoms. The van der Waals surface area contributed by atoms with Crippen LogP contribution in [-0.4, -0.2) is 43.3 Å². The van der Waals surface area contributed by atoms with Crippen molar-refractivity contribution in [3.63, 3.8) is 0 Å². The van der Waals surface area contributed by atoms with Crippen molar-refractivity contribution >= 4 is 34.1 Å². The number of amides is 2. The lowest BCUT2D eigenvalue weighted by atomic mass is 10.2. The smallest absolute Gasteiger partial charge is 0.262 e. The van der Waals surface area contributed by atoms with Crippen molar-refractivity contribution in [2.45, 2.75) is 6.54 Å². The van der Waals surface area contributed by atoms with Crippen LogP contribution in [-0.2, 0) is 20.9 Å². The van der Waals surface area contributed by atoms with Crippen LogP contribution in [0.3, 0.4) is 0 Å². The maximum absolute atomic E-state index is 12.3. The average molecular weight is 395 g/mol. The van der Waals surface area contributed by atoms with Crippen molar-refractivity contribution in [2.24, 2.45) is 0 Å². The Morgan fingerprint density at radius 1 is 1.28 bits per heavy atom. The van der Waals surface area contributed by atoms with Gasteiger partial charge in [-0.2, -0.15) is 0 Å². The van der Waals surface area contributed by atoms with Crippen LogP contribution in [0, 0.1) is 0 Å². The highest BCUT2D eigenvalue weighted by molar-refractivity contribution is 5.98. The third-order valence-corrected chi connectivity index (χ3v) is 4.56. The monoisotopic (exact) mass is 395 g/mol. The quantitative estimate of drug-likeness (QED) is 0.642. The molecule has 0 spiro atoms. The van der Waals surface area contributed by atoms with E-state index in [0.29, 0.717) is 29.5 Å². The molecule has 2 heterocycles. The molecule has 0 radical (unpaired) electrons. The van der Waals surface area contributed by atoms with Gasteiger partial charge in [0.05, 0.1) is 17.8 Å². The molecule has 0 saturated heterocycles. The first-order valence-corrected chi connectivity index (χ1v) is 9.20. The summed E-state index contributed by atoms with van der Waals surface area (Å²) in [5.41, 5.74) is 2.10. The van der Waals surface area contributed by atoms with E-state index in [0.717, 1.165) is 17.4 Å². The fourth-order valence-corrected chi connectivity index (χ4v) is 3.21. The molecule has 8 heteroatoms. The number of aromatic nitrogens is 1. The predicted octanol–water partition coefficient (Wildman–Crippen LogP) is 2.64. The molecule has 0 unspecified atom stereocenters. The van der Waals surface area contributed by atoms with Crippen LogP contribution in [0.25, 0.3) is 10.9 Å². The SMILES string of the molecule is COCCn1ccc2c(OCC(=O)Nc3ccc4c(c3)NC(=O)CO4)cccc21. The lowest BCUT2D eigenvalue weighted by Gasteiger charge is -2.18. The Hall–Kier alpha value is -3.52. The van der Waals surface area contributed by atoms with Gasteiger partial charge < -0.3 is 29.4 Å². The Labute approximate surface area is 167 Å². The lowest BCUT2D eigenvalue weighted by molar-refractivity contribution is -0.119. The predicted molar refractivity (Wildman–Crippen MR) is 109 cm³/mol. The molecule has 4 rings (SSSR count). The number of hydrogen-bond donors (Lipinski definition) is 2. The van der Waals surface area contributed by atoms with Gasteiger partial charge in [-0.15, -0.1) is 0 Å². The van der Waals surface area contributed by atoms with Crippen LogP contribution in [0.4, 0.5) is 11.4 Å². The van der Waals surface area contributed by atoms with Crippen LogP contribution in [0.5, 0.6) is 11.5 Å². The zero-order valence-electron chi connectivity index (χ0n) is 15.9. The molecule has 2 aromatic carbocycles. The minimum absolute atomic E-state index is 0.00864. The Bertz CT molecular complexity index is 1060. The molecule has 1 aliphatic rings. The molecule has 29 heavy (non-hydrogen) atoms. The summed E-state index contributed by atoms with van der Waals surface area (Å²) >= 11 is 0. The second-order valence-electron chi connectivity index (χ2n) is 6.58. The molecule has 0 saturated carbocycles. The van der Waals surface area contributed by atoms with Crippen LogP contribution >= 0.6 is 0 Å². The van der Waals surface area contributed by atoms with E-state index in [2.05, 4.69) is 15.2 Å². The molecule has 8 nitrogen and oxygen atoms in total. The van der Waals surface area contributed by atoms with Gasteiger partial charge in [0.15, 0.2) is 13.2 Å². The molecule has 0 aliphatic carbocycles. The fraction of sp³-hybridized carbons (Fsp3) is 0.238. The fourth-order valence-electron chi connectivity index (χ4n) is 3.21. The van der Waals surface area contributed by atoms with Crippen LogP contribution in [0.1, 0.15) is 0 Å². The molecule has 1 aliphatic heterocycles. The molecule has 0 fully saturated rings. The van der Waals surface area contributed by atoms with Crippen molar-refractivity contribution in [3.8, 4) is 11.5 Å². The minimum atomic E-state index is -0.302. The first kappa shape index (κ1) is 18.8. The first-order valence-electron chi connectivity index (χ1n) is 9.20. The summed E-state index contributed by atoms with van der Waals surface area (Å²) in [5, 5.41) is 6.41. The van der Waals surface area contributed by atoms with Crippen LogP contribution in [0.2, 0.25) is 0 Å². The van der Waals surface area contributed by atoms with Crippen molar-refractivity contribution < 1.29 is 23.8 Å². The van der Waals surface area contributed by atoms with Gasteiger partial charge in [-0.3, -0.25) is 9.59 Å². The summed E-state index contributed by atoms with van der Waals surface area (Å²) in [5.74, 6) is 0.682. The Morgan fingerprint density at radius 3 is 3.03 bits per heavy atom. The van der Waals surface area contributed by atoms with E-state index in [4.69, 9.17) is 14.2 Å². The van der Waals surface area contributed by atoms with E-state index < -0.39 is 0 Å². The van der Waals surface area contributed by atoms with Crippen molar-refractivity contribution in [1.29, 1.82) is 0 Å². The zero-order chi connectivity index (χ0) is 20.2. The molecule has 1 aromatic heterocycles. The topological polar surface area (TPSA) is 90.8 Å². The van der Waals surface area contributed by atoms with Crippen molar-refractivity contribution in [2.75, 3.05) is 37.6 Å². The van der Waals surface area contributed by atoms with Gasteiger partial charge in [0.1, 0.15) is 11.5 Å². The highest BCUT2D eigenvalue weighted by Gasteiger charge is 2.16. The van der Waals surface area contributed by atoms with Gasteiger partial charge in [-0.05, 0) is 36.4 Å². The highest BCUT2D eigenvalue weighted by atomic mass is 16.5. The third kappa shape index (κ3) is 4.17. The van der Waals surface area contributed by atoms with Gasteiger partial charge in [-0.25, -0.2) is 0 Å². The second-order valence-corrected chi connectivity index (χ2v) is 6.58.